The van der Waals surface area contributed by atoms with E-state index < -0.39 is 6.10 Å². The Morgan fingerprint density at radius 1 is 1.14 bits per heavy atom. The van der Waals surface area contributed by atoms with Crippen LogP contribution in [0.3, 0.4) is 0 Å². The zero-order valence-corrected chi connectivity index (χ0v) is 13.1. The molecule has 1 N–H and O–H groups in total. The Hall–Kier alpha value is -2.00. The lowest BCUT2D eigenvalue weighted by Gasteiger charge is -2.15. The van der Waals surface area contributed by atoms with E-state index in [0.717, 1.165) is 5.56 Å². The number of hydrogen-bond acceptors (Lipinski definition) is 2. The van der Waals surface area contributed by atoms with Crippen molar-refractivity contribution in [3.8, 4) is 5.75 Å². The van der Waals surface area contributed by atoms with Gasteiger partial charge in [0.25, 0.3) is 5.91 Å². The average Bonchev–Trinajstić information content (AvgIpc) is 2.43. The smallest absolute Gasteiger partial charge is 0.265 e. The van der Waals surface area contributed by atoms with Gasteiger partial charge in [-0.2, -0.15) is 0 Å². The quantitative estimate of drug-likeness (QED) is 0.911. The third kappa shape index (κ3) is 4.23. The summed E-state index contributed by atoms with van der Waals surface area (Å²) in [4.78, 5) is 12.1. The van der Waals surface area contributed by atoms with E-state index in [1.807, 2.05) is 32.0 Å². The summed E-state index contributed by atoms with van der Waals surface area (Å²) >= 11 is 5.89. The summed E-state index contributed by atoms with van der Waals surface area (Å²) in [5, 5.41) is 3.36. The fourth-order valence-electron chi connectivity index (χ4n) is 1.85. The first-order chi connectivity index (χ1) is 9.95. The normalized spacial score (nSPS) is 11.8. The number of halogens is 1. The lowest BCUT2D eigenvalue weighted by molar-refractivity contribution is -0.122. The number of rotatable bonds is 4. The van der Waals surface area contributed by atoms with Gasteiger partial charge in [-0.1, -0.05) is 23.7 Å². The van der Waals surface area contributed by atoms with Crippen molar-refractivity contribution in [2.75, 3.05) is 5.32 Å². The minimum Gasteiger partial charge on any atom is -0.481 e. The molecule has 0 saturated carbocycles. The maximum absolute atomic E-state index is 12.1. The first-order valence-corrected chi connectivity index (χ1v) is 7.14. The van der Waals surface area contributed by atoms with Crippen molar-refractivity contribution in [2.24, 2.45) is 0 Å². The van der Waals surface area contributed by atoms with E-state index in [9.17, 15) is 4.79 Å². The summed E-state index contributed by atoms with van der Waals surface area (Å²) in [5.74, 6) is 0.474. The summed E-state index contributed by atoms with van der Waals surface area (Å²) in [6.45, 7) is 5.77. The highest BCUT2D eigenvalue weighted by atomic mass is 35.5. The van der Waals surface area contributed by atoms with Crippen molar-refractivity contribution in [1.29, 1.82) is 0 Å². The number of ether oxygens (including phenoxy) is 1. The van der Waals surface area contributed by atoms with Crippen molar-refractivity contribution < 1.29 is 9.53 Å². The maximum atomic E-state index is 12.1. The number of amides is 1. The predicted molar refractivity (Wildman–Crippen MR) is 86.1 cm³/mol. The Bertz CT molecular complexity index is 655. The Labute approximate surface area is 129 Å². The van der Waals surface area contributed by atoms with Gasteiger partial charge in [0.1, 0.15) is 5.75 Å². The summed E-state index contributed by atoms with van der Waals surface area (Å²) in [7, 11) is 0. The molecule has 4 heteroatoms. The molecule has 0 heterocycles. The molecule has 0 unspecified atom stereocenters. The monoisotopic (exact) mass is 303 g/mol. The molecule has 3 nitrogen and oxygen atoms in total. The molecule has 0 aliphatic heterocycles. The van der Waals surface area contributed by atoms with Crippen LogP contribution in [0.2, 0.25) is 5.02 Å². The van der Waals surface area contributed by atoms with Crippen LogP contribution >= 0.6 is 11.6 Å². The number of anilines is 1. The van der Waals surface area contributed by atoms with E-state index in [2.05, 4.69) is 5.32 Å². The van der Waals surface area contributed by atoms with Crippen LogP contribution in [0.15, 0.2) is 42.5 Å². The molecule has 0 fully saturated rings. The van der Waals surface area contributed by atoms with Gasteiger partial charge >= 0.3 is 0 Å². The van der Waals surface area contributed by atoms with E-state index in [1.54, 1.807) is 31.2 Å². The molecule has 0 aromatic heterocycles. The highest BCUT2D eigenvalue weighted by molar-refractivity contribution is 6.30. The highest BCUT2D eigenvalue weighted by Gasteiger charge is 2.15. The predicted octanol–water partition coefficient (Wildman–Crippen LogP) is 4.36. The van der Waals surface area contributed by atoms with Gasteiger partial charge in [0.2, 0.25) is 0 Å². The number of aryl methyl sites for hydroxylation is 2. The molecule has 0 aliphatic carbocycles. The zero-order chi connectivity index (χ0) is 15.4. The lowest BCUT2D eigenvalue weighted by atomic mass is 10.1. The summed E-state index contributed by atoms with van der Waals surface area (Å²) in [6.07, 6.45) is -0.592. The number of hydrogen-bond donors (Lipinski definition) is 1. The second-order valence-electron chi connectivity index (χ2n) is 5.01. The van der Waals surface area contributed by atoms with Gasteiger partial charge in [0.05, 0.1) is 0 Å². The summed E-state index contributed by atoms with van der Waals surface area (Å²) in [5.41, 5.74) is 2.98. The molecule has 1 atom stereocenters. The van der Waals surface area contributed by atoms with Crippen LogP contribution in [0.5, 0.6) is 5.75 Å². The Morgan fingerprint density at radius 3 is 2.57 bits per heavy atom. The van der Waals surface area contributed by atoms with Crippen LogP contribution in [0.25, 0.3) is 0 Å². The Morgan fingerprint density at radius 2 is 1.90 bits per heavy atom. The maximum Gasteiger partial charge on any atom is 0.265 e. The van der Waals surface area contributed by atoms with E-state index in [-0.39, 0.29) is 5.91 Å². The molecule has 2 aromatic carbocycles. The molecular formula is C17H18ClNO2. The molecule has 0 aliphatic rings. The molecule has 0 saturated heterocycles. The first-order valence-electron chi connectivity index (χ1n) is 6.76. The van der Waals surface area contributed by atoms with Gasteiger partial charge in [-0.15, -0.1) is 0 Å². The third-order valence-electron chi connectivity index (χ3n) is 3.25. The van der Waals surface area contributed by atoms with Gasteiger partial charge in [0, 0.05) is 10.7 Å². The largest absolute Gasteiger partial charge is 0.481 e. The summed E-state index contributed by atoms with van der Waals surface area (Å²) in [6, 6.07) is 12.8. The van der Waals surface area contributed by atoms with Gasteiger partial charge in [0.15, 0.2) is 6.10 Å². The molecule has 2 aromatic rings. The van der Waals surface area contributed by atoms with Crippen molar-refractivity contribution in [2.45, 2.75) is 26.9 Å². The van der Waals surface area contributed by atoms with Gasteiger partial charge in [-0.05, 0) is 62.2 Å². The number of carbonyl (C=O) groups is 1. The van der Waals surface area contributed by atoms with Crippen LogP contribution < -0.4 is 10.1 Å². The van der Waals surface area contributed by atoms with Crippen molar-refractivity contribution >= 4 is 23.2 Å². The topological polar surface area (TPSA) is 38.3 Å². The minimum atomic E-state index is -0.592. The second kappa shape index (κ2) is 6.64. The summed E-state index contributed by atoms with van der Waals surface area (Å²) < 4.78 is 5.67. The van der Waals surface area contributed by atoms with Crippen LogP contribution in [-0.2, 0) is 4.79 Å². The highest BCUT2D eigenvalue weighted by Crippen LogP contribution is 2.19. The van der Waals surface area contributed by atoms with Crippen molar-refractivity contribution in [3.63, 3.8) is 0 Å². The van der Waals surface area contributed by atoms with Crippen LogP contribution in [0.4, 0.5) is 5.69 Å². The molecule has 1 amide bonds. The third-order valence-corrected chi connectivity index (χ3v) is 3.49. The lowest BCUT2D eigenvalue weighted by Crippen LogP contribution is -2.30. The SMILES string of the molecule is Cc1ccc(O[C@@H](C)C(=O)Nc2cccc(Cl)c2)cc1C. The van der Waals surface area contributed by atoms with Crippen LogP contribution in [0, 0.1) is 13.8 Å². The van der Waals surface area contributed by atoms with Crippen LogP contribution in [-0.4, -0.2) is 12.0 Å². The molecule has 110 valence electrons. The van der Waals surface area contributed by atoms with Crippen molar-refractivity contribution in [3.05, 3.63) is 58.6 Å². The number of nitrogens with one attached hydrogen (secondary N) is 1. The Balaban J connectivity index is 2.00. The average molecular weight is 304 g/mol. The zero-order valence-electron chi connectivity index (χ0n) is 12.3. The minimum absolute atomic E-state index is 0.213. The second-order valence-corrected chi connectivity index (χ2v) is 5.44. The molecule has 2 rings (SSSR count). The van der Waals surface area contributed by atoms with Gasteiger partial charge in [-0.25, -0.2) is 0 Å². The van der Waals surface area contributed by atoms with E-state index in [1.165, 1.54) is 5.56 Å². The number of benzene rings is 2. The number of carbonyl (C=O) groups excluding carboxylic acids is 1. The standard InChI is InChI=1S/C17H18ClNO2/c1-11-7-8-16(9-12(11)2)21-13(3)17(20)19-15-6-4-5-14(18)10-15/h4-10,13H,1-3H3,(H,19,20)/t13-/m0/s1. The Kier molecular flexibility index (Phi) is 4.86. The van der Waals surface area contributed by atoms with Crippen LogP contribution in [0.1, 0.15) is 18.1 Å². The molecule has 0 spiro atoms. The van der Waals surface area contributed by atoms with Gasteiger partial charge in [-0.3, -0.25) is 4.79 Å². The molecule has 0 bridgehead atoms. The first kappa shape index (κ1) is 15.4. The van der Waals surface area contributed by atoms with Gasteiger partial charge < -0.3 is 10.1 Å². The fraction of sp³-hybridized carbons (Fsp3) is 0.235. The molecular weight excluding hydrogens is 286 g/mol. The fourth-order valence-corrected chi connectivity index (χ4v) is 2.05. The van der Waals surface area contributed by atoms with E-state index in [4.69, 9.17) is 16.3 Å². The van der Waals surface area contributed by atoms with E-state index >= 15 is 0 Å². The van der Waals surface area contributed by atoms with E-state index in [0.29, 0.717) is 16.5 Å². The molecule has 21 heavy (non-hydrogen) atoms. The molecule has 0 radical (unpaired) electrons. The van der Waals surface area contributed by atoms with Crippen molar-refractivity contribution in [1.82, 2.24) is 0 Å².